The minimum atomic E-state index is -0.413. The minimum Gasteiger partial charge on any atom is -0.366 e. The second kappa shape index (κ2) is 5.25. The van der Waals surface area contributed by atoms with Gasteiger partial charge in [-0.15, -0.1) is 0 Å². The maximum atomic E-state index is 11.9. The first-order chi connectivity index (χ1) is 8.16. The van der Waals surface area contributed by atoms with E-state index in [0.717, 1.165) is 23.6 Å². The Hall–Kier alpha value is -1.46. The van der Waals surface area contributed by atoms with Crippen LogP contribution in [0.15, 0.2) is 12.1 Å². The highest BCUT2D eigenvalue weighted by Gasteiger charge is 2.22. The van der Waals surface area contributed by atoms with Crippen LogP contribution in [0.4, 0.5) is 5.69 Å². The van der Waals surface area contributed by atoms with Crippen LogP contribution in [-0.4, -0.2) is 36.7 Å². The summed E-state index contributed by atoms with van der Waals surface area (Å²) in [5.41, 5.74) is 2.51. The normalized spacial score (nSPS) is 20.0. The van der Waals surface area contributed by atoms with E-state index in [1.54, 1.807) is 0 Å². The zero-order valence-corrected chi connectivity index (χ0v) is 10.1. The standard InChI is InChI=1S/C12H17N3O2/c1-8-3-4-10(9(2)14-8)15-12(16)11-7-13-5-6-17-11/h3-4,11,13H,5-7H2,1-2H3,(H,15,16). The number of ether oxygens (including phenoxy) is 1. The lowest BCUT2D eigenvalue weighted by Crippen LogP contribution is -2.45. The predicted molar refractivity (Wildman–Crippen MR) is 65.0 cm³/mol. The highest BCUT2D eigenvalue weighted by atomic mass is 16.5. The fourth-order valence-electron chi connectivity index (χ4n) is 1.77. The number of pyridine rings is 1. The molecule has 2 heterocycles. The van der Waals surface area contributed by atoms with Crippen molar-refractivity contribution in [3.05, 3.63) is 23.5 Å². The maximum Gasteiger partial charge on any atom is 0.254 e. The number of nitrogens with zero attached hydrogens (tertiary/aromatic N) is 1. The van der Waals surface area contributed by atoms with Gasteiger partial charge in [0.05, 0.1) is 18.0 Å². The Morgan fingerprint density at radius 2 is 2.35 bits per heavy atom. The molecule has 1 aliphatic heterocycles. The van der Waals surface area contributed by atoms with Gasteiger partial charge < -0.3 is 15.4 Å². The maximum absolute atomic E-state index is 11.9. The average Bonchev–Trinajstić information content (AvgIpc) is 2.34. The molecule has 92 valence electrons. The summed E-state index contributed by atoms with van der Waals surface area (Å²) in [5, 5.41) is 5.96. The number of carbonyl (C=O) groups is 1. The van der Waals surface area contributed by atoms with Crippen molar-refractivity contribution in [3.63, 3.8) is 0 Å². The van der Waals surface area contributed by atoms with E-state index in [2.05, 4.69) is 15.6 Å². The monoisotopic (exact) mass is 235 g/mol. The van der Waals surface area contributed by atoms with Crippen LogP contribution in [0, 0.1) is 13.8 Å². The summed E-state index contributed by atoms with van der Waals surface area (Å²) in [6.07, 6.45) is -0.413. The first-order valence-electron chi connectivity index (χ1n) is 5.74. The third-order valence-electron chi connectivity index (χ3n) is 2.70. The largest absolute Gasteiger partial charge is 0.366 e. The van der Waals surface area contributed by atoms with Crippen molar-refractivity contribution in [1.82, 2.24) is 10.3 Å². The van der Waals surface area contributed by atoms with Crippen molar-refractivity contribution in [2.45, 2.75) is 20.0 Å². The van der Waals surface area contributed by atoms with Gasteiger partial charge in [0.1, 0.15) is 6.10 Å². The molecule has 17 heavy (non-hydrogen) atoms. The van der Waals surface area contributed by atoms with Crippen LogP contribution in [0.5, 0.6) is 0 Å². The van der Waals surface area contributed by atoms with Crippen molar-refractivity contribution in [2.75, 3.05) is 25.0 Å². The number of aryl methyl sites for hydroxylation is 2. The fourth-order valence-corrected chi connectivity index (χ4v) is 1.77. The van der Waals surface area contributed by atoms with Gasteiger partial charge in [-0.3, -0.25) is 9.78 Å². The number of carbonyl (C=O) groups excluding carboxylic acids is 1. The molecule has 2 N–H and O–H groups in total. The third-order valence-corrected chi connectivity index (χ3v) is 2.70. The molecule has 1 saturated heterocycles. The quantitative estimate of drug-likeness (QED) is 0.789. The second-order valence-corrected chi connectivity index (χ2v) is 4.14. The van der Waals surface area contributed by atoms with E-state index in [-0.39, 0.29) is 5.91 Å². The van der Waals surface area contributed by atoms with Gasteiger partial charge in [-0.1, -0.05) is 0 Å². The molecular formula is C12H17N3O2. The molecule has 0 bridgehead atoms. The van der Waals surface area contributed by atoms with Crippen LogP contribution in [0.1, 0.15) is 11.4 Å². The lowest BCUT2D eigenvalue weighted by molar-refractivity contribution is -0.128. The van der Waals surface area contributed by atoms with Gasteiger partial charge in [0.15, 0.2) is 0 Å². The van der Waals surface area contributed by atoms with E-state index in [9.17, 15) is 4.79 Å². The Morgan fingerprint density at radius 3 is 3.00 bits per heavy atom. The molecule has 0 saturated carbocycles. The molecule has 0 spiro atoms. The van der Waals surface area contributed by atoms with Gasteiger partial charge in [-0.05, 0) is 26.0 Å². The number of nitrogens with one attached hydrogen (secondary N) is 2. The molecule has 1 aromatic heterocycles. The smallest absolute Gasteiger partial charge is 0.254 e. The van der Waals surface area contributed by atoms with Gasteiger partial charge in [0.25, 0.3) is 5.91 Å². The summed E-state index contributed by atoms with van der Waals surface area (Å²) in [5.74, 6) is -0.119. The van der Waals surface area contributed by atoms with E-state index in [4.69, 9.17) is 4.74 Å². The fraction of sp³-hybridized carbons (Fsp3) is 0.500. The SMILES string of the molecule is Cc1ccc(NC(=O)C2CNCCO2)c(C)n1. The van der Waals surface area contributed by atoms with Crippen LogP contribution in [0.2, 0.25) is 0 Å². The van der Waals surface area contributed by atoms with E-state index in [1.807, 2.05) is 26.0 Å². The van der Waals surface area contributed by atoms with Crippen molar-refractivity contribution in [3.8, 4) is 0 Å². The molecule has 2 rings (SSSR count). The lowest BCUT2D eigenvalue weighted by atomic mass is 10.2. The van der Waals surface area contributed by atoms with E-state index >= 15 is 0 Å². The second-order valence-electron chi connectivity index (χ2n) is 4.14. The summed E-state index contributed by atoms with van der Waals surface area (Å²) in [7, 11) is 0. The van der Waals surface area contributed by atoms with Crippen LogP contribution in [0.25, 0.3) is 0 Å². The number of hydrogen-bond acceptors (Lipinski definition) is 4. The van der Waals surface area contributed by atoms with Crippen molar-refractivity contribution in [2.24, 2.45) is 0 Å². The van der Waals surface area contributed by atoms with Crippen molar-refractivity contribution >= 4 is 11.6 Å². The molecule has 0 aliphatic carbocycles. The van der Waals surface area contributed by atoms with Crippen molar-refractivity contribution in [1.29, 1.82) is 0 Å². The summed E-state index contributed by atoms with van der Waals surface area (Å²) in [4.78, 5) is 16.2. The number of aromatic nitrogens is 1. The van der Waals surface area contributed by atoms with Crippen molar-refractivity contribution < 1.29 is 9.53 Å². The van der Waals surface area contributed by atoms with Gasteiger partial charge in [-0.25, -0.2) is 0 Å². The highest BCUT2D eigenvalue weighted by molar-refractivity contribution is 5.94. The Morgan fingerprint density at radius 1 is 1.53 bits per heavy atom. The average molecular weight is 235 g/mol. The Bertz CT molecular complexity index is 414. The number of hydrogen-bond donors (Lipinski definition) is 2. The van der Waals surface area contributed by atoms with Crippen LogP contribution >= 0.6 is 0 Å². The van der Waals surface area contributed by atoms with Gasteiger partial charge in [0, 0.05) is 18.8 Å². The Kier molecular flexibility index (Phi) is 3.71. The van der Waals surface area contributed by atoms with E-state index in [1.165, 1.54) is 0 Å². The zero-order chi connectivity index (χ0) is 12.3. The first-order valence-corrected chi connectivity index (χ1v) is 5.74. The Labute approximate surface area is 101 Å². The minimum absolute atomic E-state index is 0.119. The van der Waals surface area contributed by atoms with Gasteiger partial charge >= 0.3 is 0 Å². The van der Waals surface area contributed by atoms with Crippen LogP contribution < -0.4 is 10.6 Å². The van der Waals surface area contributed by atoms with Crippen LogP contribution in [0.3, 0.4) is 0 Å². The molecule has 1 fully saturated rings. The molecule has 1 amide bonds. The number of anilines is 1. The number of morpholine rings is 1. The first kappa shape index (κ1) is 12.0. The molecule has 1 aliphatic rings. The highest BCUT2D eigenvalue weighted by Crippen LogP contribution is 2.13. The van der Waals surface area contributed by atoms with Gasteiger partial charge in [-0.2, -0.15) is 0 Å². The summed E-state index contributed by atoms with van der Waals surface area (Å²) < 4.78 is 5.38. The third kappa shape index (κ3) is 3.01. The molecular weight excluding hydrogens is 218 g/mol. The summed E-state index contributed by atoms with van der Waals surface area (Å²) >= 11 is 0. The van der Waals surface area contributed by atoms with Gasteiger partial charge in [0.2, 0.25) is 0 Å². The molecule has 5 nitrogen and oxygen atoms in total. The predicted octanol–water partition coefficient (Wildman–Crippen LogP) is 0.625. The molecule has 0 aromatic carbocycles. The summed E-state index contributed by atoms with van der Waals surface area (Å²) in [6, 6.07) is 3.74. The molecule has 1 unspecified atom stereocenters. The zero-order valence-electron chi connectivity index (χ0n) is 10.1. The molecule has 5 heteroatoms. The molecule has 0 radical (unpaired) electrons. The number of amides is 1. The van der Waals surface area contributed by atoms with E-state index in [0.29, 0.717) is 13.2 Å². The topological polar surface area (TPSA) is 63.2 Å². The van der Waals surface area contributed by atoms with E-state index < -0.39 is 6.10 Å². The lowest BCUT2D eigenvalue weighted by Gasteiger charge is -2.23. The summed E-state index contributed by atoms with van der Waals surface area (Å²) in [6.45, 7) is 5.73. The Balaban J connectivity index is 2.02. The molecule has 1 atom stereocenters. The van der Waals surface area contributed by atoms with Crippen LogP contribution in [-0.2, 0) is 9.53 Å². The number of rotatable bonds is 2. The molecule has 1 aromatic rings.